The zero-order valence-corrected chi connectivity index (χ0v) is 15.1. The average Bonchev–Trinajstić information content (AvgIpc) is 2.93. The van der Waals surface area contributed by atoms with Crippen LogP contribution in [-0.4, -0.2) is 44.6 Å². The van der Waals surface area contributed by atoms with Crippen LogP contribution in [0.15, 0.2) is 48.8 Å². The van der Waals surface area contributed by atoms with Gasteiger partial charge in [0.2, 0.25) is 0 Å². The molecule has 142 valence electrons. The first-order valence-corrected chi connectivity index (χ1v) is 9.28. The van der Waals surface area contributed by atoms with Crippen molar-refractivity contribution in [1.29, 1.82) is 0 Å². The monoisotopic (exact) mass is 368 g/mol. The molecule has 2 unspecified atom stereocenters. The highest BCUT2D eigenvalue weighted by Gasteiger charge is 2.29. The smallest absolute Gasteiger partial charge is 0.337 e. The first-order chi connectivity index (χ1) is 13.1. The van der Waals surface area contributed by atoms with E-state index >= 15 is 0 Å². The Labute approximate surface area is 158 Å². The molecule has 0 aliphatic carbocycles. The van der Waals surface area contributed by atoms with Gasteiger partial charge >= 0.3 is 5.97 Å². The molecule has 1 aliphatic rings. The topological polar surface area (TPSA) is 90.7 Å². The van der Waals surface area contributed by atoms with E-state index in [1.165, 1.54) is 18.5 Å². The Kier molecular flexibility index (Phi) is 6.19. The van der Waals surface area contributed by atoms with E-state index in [1.54, 1.807) is 4.90 Å². The molecule has 3 rings (SSSR count). The van der Waals surface area contributed by atoms with Gasteiger partial charge < -0.3 is 15.1 Å². The average molecular weight is 368 g/mol. The second-order valence-electron chi connectivity index (χ2n) is 6.93. The molecule has 0 saturated carbocycles. The number of carboxylic acids is 1. The highest BCUT2D eigenvalue weighted by Crippen LogP contribution is 2.27. The fraction of sp³-hybridized carbons (Fsp3) is 0.381. The van der Waals surface area contributed by atoms with Crippen LogP contribution in [-0.2, 0) is 0 Å². The summed E-state index contributed by atoms with van der Waals surface area (Å²) in [5.41, 5.74) is 1.11. The van der Waals surface area contributed by atoms with Crippen LogP contribution in [0.4, 0.5) is 0 Å². The fourth-order valence-corrected chi connectivity index (χ4v) is 3.60. The highest BCUT2D eigenvalue weighted by molar-refractivity contribution is 5.97. The number of amides is 1. The minimum Gasteiger partial charge on any atom is -0.478 e. The molecule has 0 spiro atoms. The van der Waals surface area contributed by atoms with Gasteiger partial charge in [-0.1, -0.05) is 43.2 Å². The van der Waals surface area contributed by atoms with E-state index in [1.807, 2.05) is 30.3 Å². The molecule has 1 fully saturated rings. The summed E-state index contributed by atoms with van der Waals surface area (Å²) < 4.78 is 0. The highest BCUT2D eigenvalue weighted by atomic mass is 16.4. The molecule has 2 N–H and O–H groups in total. The second kappa shape index (κ2) is 8.77. The maximum Gasteiger partial charge on any atom is 0.337 e. The number of aromatic carboxylic acids is 1. The molecule has 2 heterocycles. The van der Waals surface area contributed by atoms with Gasteiger partial charge in [0, 0.05) is 25.0 Å². The molecule has 1 aromatic carbocycles. The number of carbonyl (C=O) groups excluding carboxylic acids is 1. The van der Waals surface area contributed by atoms with E-state index < -0.39 is 12.1 Å². The molecule has 1 aliphatic heterocycles. The van der Waals surface area contributed by atoms with Crippen molar-refractivity contribution in [3.05, 3.63) is 65.5 Å². The number of rotatable bonds is 5. The number of nitrogens with zero attached hydrogens (tertiary/aromatic N) is 2. The molecule has 1 saturated heterocycles. The third-order valence-electron chi connectivity index (χ3n) is 5.05. The quantitative estimate of drug-likeness (QED) is 0.845. The van der Waals surface area contributed by atoms with Crippen molar-refractivity contribution in [2.45, 2.75) is 44.2 Å². The first-order valence-electron chi connectivity index (χ1n) is 9.28. The molecular weight excluding hydrogens is 344 g/mol. The third kappa shape index (κ3) is 4.71. The van der Waals surface area contributed by atoms with E-state index in [0.29, 0.717) is 13.0 Å². The lowest BCUT2D eigenvalue weighted by Gasteiger charge is -2.31. The van der Waals surface area contributed by atoms with Crippen molar-refractivity contribution < 1.29 is 19.8 Å². The van der Waals surface area contributed by atoms with Crippen molar-refractivity contribution in [1.82, 2.24) is 9.88 Å². The van der Waals surface area contributed by atoms with Crippen LogP contribution < -0.4 is 0 Å². The molecule has 1 amide bonds. The molecular formula is C21H24N2O4. The normalized spacial score (nSPS) is 18.6. The zero-order chi connectivity index (χ0) is 19.2. The summed E-state index contributed by atoms with van der Waals surface area (Å²) in [5, 5.41) is 19.8. The molecule has 6 heteroatoms. The zero-order valence-electron chi connectivity index (χ0n) is 15.1. The summed E-state index contributed by atoms with van der Waals surface area (Å²) in [6, 6.07) is 10.7. The van der Waals surface area contributed by atoms with Crippen LogP contribution in [0.1, 0.15) is 64.5 Å². The minimum atomic E-state index is -1.11. The lowest BCUT2D eigenvalue weighted by Crippen LogP contribution is -2.41. The maximum atomic E-state index is 13.1. The lowest BCUT2D eigenvalue weighted by molar-refractivity contribution is 0.0587. The molecule has 0 radical (unpaired) electrons. The standard InChI is InChI=1S/C21H24N2O4/c24-19(15-7-3-1-4-8-15)12-18-9-5-2-6-10-23(18)20(25)16-11-17(21(26)27)14-22-13-16/h1,3-4,7-8,11,13-14,18-19,24H,2,5-6,9-10,12H2,(H,26,27). The Morgan fingerprint density at radius 3 is 2.59 bits per heavy atom. The number of carbonyl (C=O) groups is 2. The van der Waals surface area contributed by atoms with Gasteiger partial charge in [-0.15, -0.1) is 0 Å². The number of carboxylic acid groups (broad SMARTS) is 1. The van der Waals surface area contributed by atoms with E-state index in [-0.39, 0.29) is 23.1 Å². The molecule has 1 aromatic heterocycles. The van der Waals surface area contributed by atoms with Crippen molar-refractivity contribution in [3.63, 3.8) is 0 Å². The minimum absolute atomic E-state index is 0.00320. The van der Waals surface area contributed by atoms with Crippen LogP contribution in [0.2, 0.25) is 0 Å². The lowest BCUT2D eigenvalue weighted by atomic mass is 9.97. The number of hydrogen-bond acceptors (Lipinski definition) is 4. The predicted octanol–water partition coefficient (Wildman–Crippen LogP) is 3.29. The Hall–Kier alpha value is -2.73. The number of aliphatic hydroxyl groups excluding tert-OH is 1. The second-order valence-corrected chi connectivity index (χ2v) is 6.93. The number of aliphatic hydroxyl groups is 1. The van der Waals surface area contributed by atoms with Crippen molar-refractivity contribution >= 4 is 11.9 Å². The van der Waals surface area contributed by atoms with Crippen LogP contribution in [0.5, 0.6) is 0 Å². The first kappa shape index (κ1) is 19.0. The summed E-state index contributed by atoms with van der Waals surface area (Å²) in [6.07, 6.45) is 6.22. The van der Waals surface area contributed by atoms with Gasteiger partial charge in [0.1, 0.15) is 0 Å². The summed E-state index contributed by atoms with van der Waals surface area (Å²) in [6.45, 7) is 0.600. The van der Waals surface area contributed by atoms with Crippen molar-refractivity contribution in [2.75, 3.05) is 6.54 Å². The van der Waals surface area contributed by atoms with Crippen LogP contribution in [0.25, 0.3) is 0 Å². The predicted molar refractivity (Wildman–Crippen MR) is 101 cm³/mol. The number of aromatic nitrogens is 1. The van der Waals surface area contributed by atoms with Gasteiger partial charge in [0.15, 0.2) is 0 Å². The molecule has 2 atom stereocenters. The summed E-state index contributed by atoms with van der Waals surface area (Å²) >= 11 is 0. The van der Waals surface area contributed by atoms with Gasteiger partial charge in [-0.25, -0.2) is 4.79 Å². The van der Waals surface area contributed by atoms with E-state index in [2.05, 4.69) is 4.98 Å². The molecule has 2 aromatic rings. The summed E-state index contributed by atoms with van der Waals surface area (Å²) in [5.74, 6) is -1.33. The Balaban J connectivity index is 1.80. The van der Waals surface area contributed by atoms with Crippen LogP contribution in [0.3, 0.4) is 0 Å². The number of hydrogen-bond donors (Lipinski definition) is 2. The van der Waals surface area contributed by atoms with Crippen LogP contribution >= 0.6 is 0 Å². The van der Waals surface area contributed by atoms with Gasteiger partial charge in [-0.3, -0.25) is 9.78 Å². The van der Waals surface area contributed by atoms with Gasteiger partial charge in [-0.2, -0.15) is 0 Å². The number of pyridine rings is 1. The van der Waals surface area contributed by atoms with Gasteiger partial charge in [-0.05, 0) is 30.9 Å². The SMILES string of the molecule is O=C(O)c1cncc(C(=O)N2CCCCCC2CC(O)c2ccccc2)c1. The Bertz CT molecular complexity index is 794. The van der Waals surface area contributed by atoms with Gasteiger partial charge in [0.05, 0.1) is 17.2 Å². The van der Waals surface area contributed by atoms with Gasteiger partial charge in [0.25, 0.3) is 5.91 Å². The van der Waals surface area contributed by atoms with Crippen molar-refractivity contribution in [3.8, 4) is 0 Å². The Morgan fingerprint density at radius 1 is 1.11 bits per heavy atom. The Morgan fingerprint density at radius 2 is 1.85 bits per heavy atom. The number of benzene rings is 1. The van der Waals surface area contributed by atoms with E-state index in [0.717, 1.165) is 31.2 Å². The largest absolute Gasteiger partial charge is 0.478 e. The van der Waals surface area contributed by atoms with Crippen LogP contribution in [0, 0.1) is 0 Å². The van der Waals surface area contributed by atoms with E-state index in [4.69, 9.17) is 5.11 Å². The fourth-order valence-electron chi connectivity index (χ4n) is 3.60. The summed E-state index contributed by atoms with van der Waals surface area (Å²) in [4.78, 5) is 29.9. The molecule has 6 nitrogen and oxygen atoms in total. The maximum absolute atomic E-state index is 13.1. The third-order valence-corrected chi connectivity index (χ3v) is 5.05. The molecule has 27 heavy (non-hydrogen) atoms. The summed E-state index contributed by atoms with van der Waals surface area (Å²) in [7, 11) is 0. The molecule has 0 bridgehead atoms. The number of likely N-dealkylation sites (tertiary alicyclic amines) is 1. The van der Waals surface area contributed by atoms with E-state index in [9.17, 15) is 14.7 Å². The van der Waals surface area contributed by atoms with Crippen molar-refractivity contribution in [2.24, 2.45) is 0 Å².